The van der Waals surface area contributed by atoms with Gasteiger partial charge in [0.15, 0.2) is 0 Å². The van der Waals surface area contributed by atoms with Crippen molar-refractivity contribution in [3.8, 4) is 0 Å². The Morgan fingerprint density at radius 3 is 2.86 bits per heavy atom. The van der Waals surface area contributed by atoms with E-state index < -0.39 is 5.82 Å². The van der Waals surface area contributed by atoms with Crippen molar-refractivity contribution in [2.45, 2.75) is 37.8 Å². The average Bonchev–Trinajstić information content (AvgIpc) is 2.42. The molecule has 0 radical (unpaired) electrons. The molecular weight excluding hydrogens is 273 g/mol. The maximum Gasteiger partial charge on any atom is 0.238 e. The molecule has 1 aromatic carbocycles. The van der Waals surface area contributed by atoms with Gasteiger partial charge in [0.25, 0.3) is 0 Å². The molecular formula is C15H22FN3O2. The summed E-state index contributed by atoms with van der Waals surface area (Å²) in [5.74, 6) is -0.665. The molecule has 0 saturated heterocycles. The lowest BCUT2D eigenvalue weighted by Crippen LogP contribution is -2.46. The monoisotopic (exact) mass is 295 g/mol. The molecule has 1 fully saturated rings. The molecule has 0 heterocycles. The maximum atomic E-state index is 13.0. The molecule has 6 heteroatoms. The highest BCUT2D eigenvalue weighted by atomic mass is 19.1. The summed E-state index contributed by atoms with van der Waals surface area (Å²) in [6.07, 6.45) is 3.39. The van der Waals surface area contributed by atoms with Gasteiger partial charge < -0.3 is 16.2 Å². The Hall–Kier alpha value is -1.66. The molecule has 0 bridgehead atoms. The Morgan fingerprint density at radius 2 is 2.19 bits per heavy atom. The molecule has 21 heavy (non-hydrogen) atoms. The summed E-state index contributed by atoms with van der Waals surface area (Å²) in [7, 11) is 1.83. The van der Waals surface area contributed by atoms with Gasteiger partial charge in [0.2, 0.25) is 5.91 Å². The molecule has 1 saturated carbocycles. The number of aliphatic hydroxyl groups excluding tert-OH is 1. The summed E-state index contributed by atoms with van der Waals surface area (Å²) in [5.41, 5.74) is 6.26. The number of amides is 1. The number of nitrogens with one attached hydrogen (secondary N) is 1. The molecule has 2 rings (SSSR count). The van der Waals surface area contributed by atoms with Gasteiger partial charge in [0, 0.05) is 6.04 Å². The lowest BCUT2D eigenvalue weighted by Gasteiger charge is -2.34. The number of carbonyl (C=O) groups is 1. The van der Waals surface area contributed by atoms with E-state index in [0.29, 0.717) is 5.69 Å². The van der Waals surface area contributed by atoms with E-state index in [0.717, 1.165) is 25.7 Å². The lowest BCUT2D eigenvalue weighted by molar-refractivity contribution is -0.118. The second kappa shape index (κ2) is 6.87. The second-order valence-electron chi connectivity index (χ2n) is 5.61. The van der Waals surface area contributed by atoms with Gasteiger partial charge in [0.1, 0.15) is 5.82 Å². The number of carbonyl (C=O) groups excluding carboxylic acids is 1. The van der Waals surface area contributed by atoms with Crippen LogP contribution in [0.2, 0.25) is 0 Å². The first-order valence-electron chi connectivity index (χ1n) is 7.20. The zero-order valence-corrected chi connectivity index (χ0v) is 12.2. The summed E-state index contributed by atoms with van der Waals surface area (Å²) in [5, 5.41) is 12.6. The number of hydrogen-bond donors (Lipinski definition) is 3. The number of likely N-dealkylation sites (N-methyl/N-ethyl adjacent to an activating group) is 1. The topological polar surface area (TPSA) is 78.6 Å². The molecule has 1 aliphatic carbocycles. The first-order valence-corrected chi connectivity index (χ1v) is 7.20. The van der Waals surface area contributed by atoms with Crippen molar-refractivity contribution in [2.24, 2.45) is 0 Å². The first-order chi connectivity index (χ1) is 9.97. The van der Waals surface area contributed by atoms with Crippen LogP contribution in [0.1, 0.15) is 25.7 Å². The highest BCUT2D eigenvalue weighted by Gasteiger charge is 2.27. The summed E-state index contributed by atoms with van der Waals surface area (Å²) in [6, 6.07) is 3.87. The van der Waals surface area contributed by atoms with E-state index in [2.05, 4.69) is 5.32 Å². The minimum absolute atomic E-state index is 0.00932. The van der Waals surface area contributed by atoms with Gasteiger partial charge in [-0.05, 0) is 38.1 Å². The minimum Gasteiger partial charge on any atom is -0.397 e. The molecule has 1 aliphatic rings. The number of rotatable bonds is 4. The molecule has 0 spiro atoms. The van der Waals surface area contributed by atoms with E-state index in [1.54, 1.807) is 0 Å². The van der Waals surface area contributed by atoms with E-state index in [1.165, 1.54) is 18.2 Å². The Labute approximate surface area is 123 Å². The fraction of sp³-hybridized carbons (Fsp3) is 0.533. The molecule has 0 aromatic heterocycles. The number of hydrogen-bond acceptors (Lipinski definition) is 4. The van der Waals surface area contributed by atoms with E-state index >= 15 is 0 Å². The molecule has 0 aliphatic heterocycles. The third kappa shape index (κ3) is 4.15. The van der Waals surface area contributed by atoms with Crippen LogP contribution in [0.4, 0.5) is 15.8 Å². The normalized spacial score (nSPS) is 22.3. The van der Waals surface area contributed by atoms with E-state index in [-0.39, 0.29) is 30.3 Å². The number of aliphatic hydroxyl groups is 1. The van der Waals surface area contributed by atoms with Gasteiger partial charge in [-0.2, -0.15) is 0 Å². The third-order valence-electron chi connectivity index (χ3n) is 3.94. The van der Waals surface area contributed by atoms with Crippen LogP contribution < -0.4 is 11.1 Å². The fourth-order valence-electron chi connectivity index (χ4n) is 2.79. The number of nitrogens with two attached hydrogens (primary N) is 1. The van der Waals surface area contributed by atoms with Crippen LogP contribution in [0, 0.1) is 5.82 Å². The number of benzene rings is 1. The average molecular weight is 295 g/mol. The number of halogens is 1. The molecule has 2 atom stereocenters. The van der Waals surface area contributed by atoms with Crippen molar-refractivity contribution in [2.75, 3.05) is 24.6 Å². The first kappa shape index (κ1) is 15.7. The second-order valence-corrected chi connectivity index (χ2v) is 5.61. The summed E-state index contributed by atoms with van der Waals surface area (Å²) in [4.78, 5) is 13.9. The molecule has 4 N–H and O–H groups in total. The zero-order valence-electron chi connectivity index (χ0n) is 12.2. The molecule has 5 nitrogen and oxygen atoms in total. The summed E-state index contributed by atoms with van der Waals surface area (Å²) in [6.45, 7) is 0.165. The van der Waals surface area contributed by atoms with Gasteiger partial charge in [-0.25, -0.2) is 4.39 Å². The van der Waals surface area contributed by atoms with Gasteiger partial charge in [-0.1, -0.05) is 12.8 Å². The molecule has 1 amide bonds. The predicted octanol–water partition coefficient (Wildman–Crippen LogP) is 1.58. The van der Waals surface area contributed by atoms with E-state index in [4.69, 9.17) is 5.73 Å². The summed E-state index contributed by atoms with van der Waals surface area (Å²) >= 11 is 0. The third-order valence-corrected chi connectivity index (χ3v) is 3.94. The quantitative estimate of drug-likeness (QED) is 0.737. The van der Waals surface area contributed by atoms with Gasteiger partial charge in [-0.3, -0.25) is 9.69 Å². The molecule has 2 unspecified atom stereocenters. The van der Waals surface area contributed by atoms with Crippen molar-refractivity contribution >= 4 is 17.3 Å². The Bertz CT molecular complexity index is 510. The van der Waals surface area contributed by atoms with E-state index in [9.17, 15) is 14.3 Å². The standard InChI is InChI=1S/C15H22FN3O2/c1-19(13-4-2-3-5-14(13)20)9-15(21)18-12-7-6-10(16)8-11(12)17/h6-8,13-14,20H,2-5,9,17H2,1H3,(H,18,21). The lowest BCUT2D eigenvalue weighted by atomic mass is 9.91. The Morgan fingerprint density at radius 1 is 1.48 bits per heavy atom. The van der Waals surface area contributed by atoms with Gasteiger partial charge in [-0.15, -0.1) is 0 Å². The van der Waals surface area contributed by atoms with Gasteiger partial charge >= 0.3 is 0 Å². The zero-order chi connectivity index (χ0) is 15.4. The Balaban J connectivity index is 1.91. The van der Waals surface area contributed by atoms with Crippen LogP contribution in [-0.2, 0) is 4.79 Å². The van der Waals surface area contributed by atoms with E-state index in [1.807, 2.05) is 11.9 Å². The SMILES string of the molecule is CN(CC(=O)Nc1ccc(F)cc1N)C1CCCCC1O. The highest BCUT2D eigenvalue weighted by molar-refractivity contribution is 5.95. The van der Waals surface area contributed by atoms with Crippen LogP contribution in [0.15, 0.2) is 18.2 Å². The van der Waals surface area contributed by atoms with Crippen LogP contribution in [-0.4, -0.2) is 41.7 Å². The van der Waals surface area contributed by atoms with Crippen molar-refractivity contribution in [3.63, 3.8) is 0 Å². The number of anilines is 2. The van der Waals surface area contributed by atoms with Crippen molar-refractivity contribution in [1.29, 1.82) is 0 Å². The van der Waals surface area contributed by atoms with Crippen molar-refractivity contribution < 1.29 is 14.3 Å². The maximum absolute atomic E-state index is 13.0. The number of nitrogens with zero attached hydrogens (tertiary/aromatic N) is 1. The highest BCUT2D eigenvalue weighted by Crippen LogP contribution is 2.23. The number of nitrogen functional groups attached to an aromatic ring is 1. The van der Waals surface area contributed by atoms with Crippen molar-refractivity contribution in [1.82, 2.24) is 4.90 Å². The predicted molar refractivity (Wildman–Crippen MR) is 80.3 cm³/mol. The minimum atomic E-state index is -0.437. The summed E-state index contributed by atoms with van der Waals surface area (Å²) < 4.78 is 13.0. The van der Waals surface area contributed by atoms with Crippen LogP contribution in [0.5, 0.6) is 0 Å². The largest absolute Gasteiger partial charge is 0.397 e. The smallest absolute Gasteiger partial charge is 0.238 e. The molecule has 116 valence electrons. The Kier molecular flexibility index (Phi) is 5.14. The van der Waals surface area contributed by atoms with Gasteiger partial charge in [0.05, 0.1) is 24.0 Å². The molecule has 1 aromatic rings. The van der Waals surface area contributed by atoms with Crippen LogP contribution in [0.3, 0.4) is 0 Å². The van der Waals surface area contributed by atoms with Crippen molar-refractivity contribution in [3.05, 3.63) is 24.0 Å². The van der Waals surface area contributed by atoms with Crippen LogP contribution in [0.25, 0.3) is 0 Å². The van der Waals surface area contributed by atoms with Crippen LogP contribution >= 0.6 is 0 Å². The fourth-order valence-corrected chi connectivity index (χ4v) is 2.79.